The molecule has 1 unspecified atom stereocenters. The Morgan fingerprint density at radius 2 is 1.67 bits per heavy atom. The van der Waals surface area contributed by atoms with Crippen LogP contribution in [-0.4, -0.2) is 56.5 Å². The molecule has 1 atom stereocenters. The molecule has 43 heavy (non-hydrogen) atoms. The summed E-state index contributed by atoms with van der Waals surface area (Å²) in [5, 5.41) is 6.05. The monoisotopic (exact) mass is 622 g/mol. The number of carbonyl (C=O) groups is 4. The highest BCUT2D eigenvalue weighted by atomic mass is 32.2. The van der Waals surface area contributed by atoms with E-state index in [1.54, 1.807) is 42.5 Å². The van der Waals surface area contributed by atoms with Gasteiger partial charge in [0.1, 0.15) is 17.1 Å². The van der Waals surface area contributed by atoms with E-state index in [4.69, 9.17) is 0 Å². The summed E-state index contributed by atoms with van der Waals surface area (Å²) >= 11 is 1.02. The molecule has 1 aliphatic carbocycles. The van der Waals surface area contributed by atoms with Crippen LogP contribution in [0.5, 0.6) is 0 Å². The van der Waals surface area contributed by atoms with Crippen molar-refractivity contribution < 1.29 is 32.0 Å². The summed E-state index contributed by atoms with van der Waals surface area (Å²) < 4.78 is 41.5. The lowest BCUT2D eigenvalue weighted by Crippen LogP contribution is -2.41. The zero-order chi connectivity index (χ0) is 30.6. The molecule has 4 aromatic rings. The first-order chi connectivity index (χ1) is 20.7. The summed E-state index contributed by atoms with van der Waals surface area (Å²) in [6, 6.07) is 16.4. The van der Waals surface area contributed by atoms with E-state index in [9.17, 15) is 32.0 Å². The second-order valence-electron chi connectivity index (χ2n) is 9.96. The fourth-order valence-electron chi connectivity index (χ4n) is 4.31. The molecule has 5 rings (SSSR count). The molecule has 222 valence electrons. The maximum Gasteiger partial charge on any atom is 0.251 e. The van der Waals surface area contributed by atoms with Crippen molar-refractivity contribution in [1.29, 1.82) is 0 Å². The Hall–Kier alpha value is -4.49. The number of aromatic nitrogens is 1. The van der Waals surface area contributed by atoms with Gasteiger partial charge in [-0.15, -0.1) is 11.3 Å². The van der Waals surface area contributed by atoms with Gasteiger partial charge < -0.3 is 20.7 Å². The molecule has 3 N–H and O–H groups in total. The third-order valence-electron chi connectivity index (χ3n) is 6.71. The molecule has 10 nitrogen and oxygen atoms in total. The minimum Gasteiger partial charge on any atom is -0.352 e. The maximum absolute atomic E-state index is 13.7. The average molecular weight is 623 g/mol. The van der Waals surface area contributed by atoms with Gasteiger partial charge in [0, 0.05) is 24.6 Å². The van der Waals surface area contributed by atoms with E-state index < -0.39 is 39.3 Å². The molecule has 13 heteroatoms. The molecule has 3 aromatic carbocycles. The van der Waals surface area contributed by atoms with E-state index in [0.717, 1.165) is 65.9 Å². The van der Waals surface area contributed by atoms with E-state index in [1.165, 1.54) is 0 Å². The lowest BCUT2D eigenvalue weighted by molar-refractivity contribution is -0.126. The topological polar surface area (TPSA) is 151 Å². The highest BCUT2D eigenvalue weighted by molar-refractivity contribution is 7.92. The molecule has 0 saturated heterocycles. The number of fused-ring (bicyclic) bond motifs is 1. The van der Waals surface area contributed by atoms with E-state index in [0.29, 0.717) is 15.8 Å². The first kappa shape index (κ1) is 30.0. The van der Waals surface area contributed by atoms with Crippen LogP contribution in [0.25, 0.3) is 21.3 Å². The Morgan fingerprint density at radius 3 is 2.35 bits per heavy atom. The predicted octanol–water partition coefficient (Wildman–Crippen LogP) is 3.33. The van der Waals surface area contributed by atoms with Crippen molar-refractivity contribution in [2.45, 2.75) is 35.4 Å². The zero-order valence-electron chi connectivity index (χ0n) is 22.7. The van der Waals surface area contributed by atoms with Crippen molar-refractivity contribution in [3.05, 3.63) is 83.1 Å². The summed E-state index contributed by atoms with van der Waals surface area (Å²) in [7, 11) is -4.38. The smallest absolute Gasteiger partial charge is 0.251 e. The Bertz CT molecular complexity index is 1790. The summed E-state index contributed by atoms with van der Waals surface area (Å²) in [5.74, 6) is -2.27. The Labute approximate surface area is 250 Å². The summed E-state index contributed by atoms with van der Waals surface area (Å²) in [5.41, 5.74) is 2.46. The molecule has 0 bridgehead atoms. The molecule has 3 amide bonds. The van der Waals surface area contributed by atoms with Crippen LogP contribution in [0, 0.1) is 5.82 Å². The number of halogens is 1. The molecular formula is C30H27FN4O6S2. The van der Waals surface area contributed by atoms with Crippen molar-refractivity contribution in [2.75, 3.05) is 13.1 Å². The normalized spacial score (nSPS) is 13.7. The Balaban J connectivity index is 1.43. The number of aldehydes is 1. The van der Waals surface area contributed by atoms with Gasteiger partial charge in [0.15, 0.2) is 15.1 Å². The van der Waals surface area contributed by atoms with Gasteiger partial charge >= 0.3 is 0 Å². The molecule has 0 spiro atoms. The third kappa shape index (κ3) is 7.12. The van der Waals surface area contributed by atoms with Gasteiger partial charge in [-0.1, -0.05) is 18.2 Å². The van der Waals surface area contributed by atoms with E-state index >= 15 is 0 Å². The van der Waals surface area contributed by atoms with Gasteiger partial charge in [0.05, 0.1) is 21.7 Å². The summed E-state index contributed by atoms with van der Waals surface area (Å²) in [6.07, 6.45) is 2.67. The fraction of sp³-hybridized carbons (Fsp3) is 0.233. The van der Waals surface area contributed by atoms with Gasteiger partial charge in [-0.05, 0) is 72.5 Å². The lowest BCUT2D eigenvalue weighted by Gasteiger charge is -2.16. The predicted molar refractivity (Wildman–Crippen MR) is 159 cm³/mol. The second-order valence-corrected chi connectivity index (χ2v) is 13.1. The van der Waals surface area contributed by atoms with Crippen LogP contribution in [0.3, 0.4) is 0 Å². The van der Waals surface area contributed by atoms with Crippen LogP contribution >= 0.6 is 11.3 Å². The van der Waals surface area contributed by atoms with E-state index in [2.05, 4.69) is 20.9 Å². The molecular weight excluding hydrogens is 595 g/mol. The Morgan fingerprint density at radius 1 is 0.977 bits per heavy atom. The SMILES string of the molecule is O=CCCNC(=O)c1ccc(-c2ccc3nc(C(C(=O)NCC(=O)NC4CC4)S(=O)(=O)c4ccc(F)cc4)sc3c2)cc1. The average Bonchev–Trinajstić information content (AvgIpc) is 3.71. The molecule has 1 saturated carbocycles. The number of sulfone groups is 1. The first-order valence-corrected chi connectivity index (χ1v) is 15.8. The number of thiazole rings is 1. The molecule has 1 aromatic heterocycles. The number of hydrogen-bond donors (Lipinski definition) is 3. The second kappa shape index (κ2) is 12.8. The van der Waals surface area contributed by atoms with Crippen molar-refractivity contribution >= 4 is 55.4 Å². The summed E-state index contributed by atoms with van der Waals surface area (Å²) in [6.45, 7) is -0.150. The number of nitrogens with one attached hydrogen (secondary N) is 3. The molecule has 0 aliphatic heterocycles. The van der Waals surface area contributed by atoms with Crippen molar-refractivity contribution in [2.24, 2.45) is 0 Å². The van der Waals surface area contributed by atoms with E-state index in [1.807, 2.05) is 0 Å². The zero-order valence-corrected chi connectivity index (χ0v) is 24.3. The number of hydrogen-bond acceptors (Lipinski definition) is 8. The Kier molecular flexibility index (Phi) is 8.92. The fourth-order valence-corrected chi connectivity index (χ4v) is 7.29. The van der Waals surface area contributed by atoms with Crippen molar-refractivity contribution in [3.63, 3.8) is 0 Å². The number of carbonyl (C=O) groups excluding carboxylic acids is 4. The number of nitrogens with zero attached hydrogens (tertiary/aromatic N) is 1. The van der Waals surface area contributed by atoms with Crippen LogP contribution in [0.4, 0.5) is 4.39 Å². The first-order valence-electron chi connectivity index (χ1n) is 13.4. The largest absolute Gasteiger partial charge is 0.352 e. The van der Waals surface area contributed by atoms with Gasteiger partial charge in [0.25, 0.3) is 5.91 Å². The number of amides is 3. The lowest BCUT2D eigenvalue weighted by atomic mass is 10.0. The standard InChI is InChI=1S/C30H27FN4O6S2/c31-21-7-11-23(12-8-21)43(40,41)27(29(39)33-17-26(37)34-22-9-10-22)30-35-24-13-6-20(16-25(24)42-30)18-2-4-19(5-3-18)28(38)32-14-1-15-36/h2-8,11-13,15-16,22,27H,1,9-10,14,17H2,(H,32,38)(H,33,39)(H,34,37). The molecule has 1 fully saturated rings. The number of benzene rings is 3. The summed E-state index contributed by atoms with van der Waals surface area (Å²) in [4.78, 5) is 52.4. The van der Waals surface area contributed by atoms with Gasteiger partial charge in [-0.25, -0.2) is 17.8 Å². The van der Waals surface area contributed by atoms with Crippen molar-refractivity contribution in [1.82, 2.24) is 20.9 Å². The van der Waals surface area contributed by atoms with Crippen LogP contribution in [0.2, 0.25) is 0 Å². The van der Waals surface area contributed by atoms with Crippen LogP contribution < -0.4 is 16.0 Å². The highest BCUT2D eigenvalue weighted by Gasteiger charge is 2.38. The van der Waals surface area contributed by atoms with Crippen LogP contribution in [-0.2, 0) is 24.2 Å². The van der Waals surface area contributed by atoms with Crippen LogP contribution in [0.15, 0.2) is 71.6 Å². The van der Waals surface area contributed by atoms with Crippen molar-refractivity contribution in [3.8, 4) is 11.1 Å². The van der Waals surface area contributed by atoms with Crippen LogP contribution in [0.1, 0.15) is 39.9 Å². The number of rotatable bonds is 12. The minimum absolute atomic E-state index is 0.00100. The molecule has 1 aliphatic rings. The van der Waals surface area contributed by atoms with Gasteiger partial charge in [0.2, 0.25) is 11.8 Å². The maximum atomic E-state index is 13.7. The third-order valence-corrected chi connectivity index (χ3v) is 9.93. The van der Waals surface area contributed by atoms with Gasteiger partial charge in [-0.2, -0.15) is 0 Å². The minimum atomic E-state index is -4.38. The quantitative estimate of drug-likeness (QED) is 0.125. The molecule has 1 heterocycles. The molecule has 0 radical (unpaired) electrons. The van der Waals surface area contributed by atoms with Gasteiger partial charge in [-0.3, -0.25) is 14.4 Å². The van der Waals surface area contributed by atoms with E-state index in [-0.39, 0.29) is 34.8 Å². The highest BCUT2D eigenvalue weighted by Crippen LogP contribution is 2.36.